The summed E-state index contributed by atoms with van der Waals surface area (Å²) >= 11 is 0. The number of rotatable bonds is 6. The molecule has 0 unspecified atom stereocenters. The van der Waals surface area contributed by atoms with Crippen molar-refractivity contribution in [2.24, 2.45) is 0 Å². The second-order valence-corrected chi connectivity index (χ2v) is 9.50. The Hall–Kier alpha value is -4.25. The lowest BCUT2D eigenvalue weighted by atomic mass is 9.79. The number of benzene rings is 2. The number of nitriles is 1. The zero-order chi connectivity index (χ0) is 25.0. The van der Waals surface area contributed by atoms with Crippen LogP contribution in [-0.4, -0.2) is 27.9 Å². The monoisotopic (exact) mass is 480 g/mol. The van der Waals surface area contributed by atoms with Crippen LogP contribution >= 0.6 is 0 Å². The van der Waals surface area contributed by atoms with Gasteiger partial charge in [-0.1, -0.05) is 43.5 Å². The summed E-state index contributed by atoms with van der Waals surface area (Å²) in [5.41, 5.74) is 3.36. The Bertz CT molecular complexity index is 1290. The van der Waals surface area contributed by atoms with Gasteiger partial charge in [0.1, 0.15) is 6.07 Å². The molecule has 2 saturated carbocycles. The Morgan fingerprint density at radius 1 is 0.917 bits per heavy atom. The van der Waals surface area contributed by atoms with Crippen LogP contribution in [0, 0.1) is 11.3 Å². The van der Waals surface area contributed by atoms with Gasteiger partial charge in [0.15, 0.2) is 0 Å². The fourth-order valence-corrected chi connectivity index (χ4v) is 4.72. The van der Waals surface area contributed by atoms with E-state index in [1.807, 2.05) is 54.6 Å². The molecule has 8 nitrogen and oxygen atoms in total. The fourth-order valence-electron chi connectivity index (χ4n) is 4.72. The lowest BCUT2D eigenvalue weighted by Crippen LogP contribution is -2.49. The number of anilines is 1. The molecule has 2 aliphatic carbocycles. The van der Waals surface area contributed by atoms with Crippen LogP contribution in [0.15, 0.2) is 60.8 Å². The molecular weight excluding hydrogens is 452 g/mol. The van der Waals surface area contributed by atoms with Crippen molar-refractivity contribution in [3.63, 3.8) is 0 Å². The second-order valence-electron chi connectivity index (χ2n) is 9.50. The summed E-state index contributed by atoms with van der Waals surface area (Å²) in [5, 5.41) is 18.3. The summed E-state index contributed by atoms with van der Waals surface area (Å²) < 4.78 is 0. The summed E-state index contributed by atoms with van der Waals surface area (Å²) in [6.07, 6.45) is 8.27. The molecule has 3 amide bonds. The first kappa shape index (κ1) is 23.5. The maximum atomic E-state index is 13.0. The van der Waals surface area contributed by atoms with E-state index in [0.29, 0.717) is 23.0 Å². The molecule has 0 aliphatic heterocycles. The number of hydrogen-bond acceptors (Lipinski definition) is 5. The average molecular weight is 481 g/mol. The number of hydrogen-bond donors (Lipinski definition) is 3. The number of nitrogens with one attached hydrogen (secondary N) is 3. The fraction of sp³-hybridized carbons (Fsp3) is 0.321. The number of nitrogens with zero attached hydrogens (tertiary/aromatic N) is 3. The Morgan fingerprint density at radius 2 is 1.58 bits per heavy atom. The molecule has 0 spiro atoms. The van der Waals surface area contributed by atoms with Crippen LogP contribution in [-0.2, 0) is 5.54 Å². The number of carbonyl (C=O) groups excluding carboxylic acids is 2. The van der Waals surface area contributed by atoms with Gasteiger partial charge in [-0.3, -0.25) is 4.79 Å². The van der Waals surface area contributed by atoms with Crippen LogP contribution in [0.2, 0.25) is 0 Å². The standard InChI is InChI=1S/C28H28N6O2/c29-18-25-30-17-14-24(33-25)28(15-2-1-3-16-28)34-27(36)32-23-10-8-20(9-11-23)19-4-6-21(7-5-19)26(35)31-22-12-13-22/h4-11,14,17,22H,1-3,12-13,15-16H2,(H,31,35)(H2,32,34,36). The molecule has 0 saturated heterocycles. The third kappa shape index (κ3) is 5.36. The molecule has 3 N–H and O–H groups in total. The van der Waals surface area contributed by atoms with E-state index in [-0.39, 0.29) is 17.8 Å². The van der Waals surface area contributed by atoms with Gasteiger partial charge < -0.3 is 16.0 Å². The van der Waals surface area contributed by atoms with Crippen molar-refractivity contribution in [2.45, 2.75) is 56.5 Å². The van der Waals surface area contributed by atoms with Crippen molar-refractivity contribution >= 4 is 17.6 Å². The molecule has 5 rings (SSSR count). The Morgan fingerprint density at radius 3 is 2.22 bits per heavy atom. The summed E-state index contributed by atoms with van der Waals surface area (Å²) in [4.78, 5) is 33.5. The molecule has 182 valence electrons. The van der Waals surface area contributed by atoms with E-state index in [1.54, 1.807) is 12.3 Å². The predicted octanol–water partition coefficient (Wildman–Crippen LogP) is 4.89. The van der Waals surface area contributed by atoms with Gasteiger partial charge in [0.05, 0.1) is 11.2 Å². The zero-order valence-electron chi connectivity index (χ0n) is 20.0. The maximum Gasteiger partial charge on any atom is 0.319 e. The number of carbonyl (C=O) groups is 2. The minimum Gasteiger partial charge on any atom is -0.349 e. The molecule has 3 aromatic rings. The first-order chi connectivity index (χ1) is 17.5. The third-order valence-electron chi connectivity index (χ3n) is 6.84. The lowest BCUT2D eigenvalue weighted by Gasteiger charge is -2.37. The molecule has 0 radical (unpaired) electrons. The molecule has 1 aromatic heterocycles. The second kappa shape index (κ2) is 10.2. The average Bonchev–Trinajstić information content (AvgIpc) is 3.74. The van der Waals surface area contributed by atoms with Crippen LogP contribution in [0.3, 0.4) is 0 Å². The highest BCUT2D eigenvalue weighted by Crippen LogP contribution is 2.36. The van der Waals surface area contributed by atoms with Gasteiger partial charge in [-0.05, 0) is 67.1 Å². The van der Waals surface area contributed by atoms with Gasteiger partial charge in [0, 0.05) is 23.5 Å². The minimum atomic E-state index is -0.621. The SMILES string of the molecule is N#Cc1nccc(C2(NC(=O)Nc3ccc(-c4ccc(C(=O)NC5CC5)cc4)cc3)CCCCC2)n1. The van der Waals surface area contributed by atoms with Crippen LogP contribution in [0.5, 0.6) is 0 Å². The van der Waals surface area contributed by atoms with E-state index in [4.69, 9.17) is 0 Å². The van der Waals surface area contributed by atoms with E-state index in [0.717, 1.165) is 56.1 Å². The van der Waals surface area contributed by atoms with E-state index >= 15 is 0 Å². The van der Waals surface area contributed by atoms with Crippen molar-refractivity contribution in [2.75, 3.05) is 5.32 Å². The van der Waals surface area contributed by atoms with Crippen molar-refractivity contribution in [1.29, 1.82) is 5.26 Å². The van der Waals surface area contributed by atoms with Crippen molar-refractivity contribution in [3.05, 3.63) is 77.9 Å². The maximum absolute atomic E-state index is 13.0. The van der Waals surface area contributed by atoms with Gasteiger partial charge in [-0.2, -0.15) is 5.26 Å². The molecule has 36 heavy (non-hydrogen) atoms. The third-order valence-corrected chi connectivity index (χ3v) is 6.84. The van der Waals surface area contributed by atoms with E-state index in [1.165, 1.54) is 0 Å². The van der Waals surface area contributed by atoms with Crippen molar-refractivity contribution in [1.82, 2.24) is 20.6 Å². The van der Waals surface area contributed by atoms with Crippen molar-refractivity contribution < 1.29 is 9.59 Å². The predicted molar refractivity (Wildman–Crippen MR) is 136 cm³/mol. The van der Waals surface area contributed by atoms with Crippen molar-refractivity contribution in [3.8, 4) is 17.2 Å². The Kier molecular flexibility index (Phi) is 6.63. The van der Waals surface area contributed by atoms with Crippen LogP contribution in [0.1, 0.15) is 66.8 Å². The molecule has 8 heteroatoms. The number of aromatic nitrogens is 2. The topological polar surface area (TPSA) is 120 Å². The summed E-state index contributed by atoms with van der Waals surface area (Å²) in [6, 6.07) is 18.9. The summed E-state index contributed by atoms with van der Waals surface area (Å²) in [6.45, 7) is 0. The Labute approximate surface area is 210 Å². The smallest absolute Gasteiger partial charge is 0.319 e. The molecule has 0 atom stereocenters. The largest absolute Gasteiger partial charge is 0.349 e. The summed E-state index contributed by atoms with van der Waals surface area (Å²) in [5.74, 6) is 0.0722. The number of amides is 3. The van der Waals surface area contributed by atoms with Gasteiger partial charge >= 0.3 is 6.03 Å². The van der Waals surface area contributed by atoms with Gasteiger partial charge in [0.2, 0.25) is 5.82 Å². The molecule has 2 aliphatic rings. The zero-order valence-corrected chi connectivity index (χ0v) is 20.0. The van der Waals surface area contributed by atoms with Crippen LogP contribution in [0.25, 0.3) is 11.1 Å². The first-order valence-electron chi connectivity index (χ1n) is 12.4. The highest BCUT2D eigenvalue weighted by atomic mass is 16.2. The van der Waals surface area contributed by atoms with E-state index in [9.17, 15) is 14.9 Å². The quantitative estimate of drug-likeness (QED) is 0.464. The molecule has 0 bridgehead atoms. The van der Waals surface area contributed by atoms with E-state index in [2.05, 4.69) is 25.9 Å². The minimum absolute atomic E-state index is 0.0313. The Balaban J connectivity index is 1.25. The van der Waals surface area contributed by atoms with Crippen LogP contribution < -0.4 is 16.0 Å². The normalized spacial score (nSPS) is 16.4. The number of urea groups is 1. The highest BCUT2D eigenvalue weighted by molar-refractivity contribution is 5.95. The lowest BCUT2D eigenvalue weighted by molar-refractivity contribution is 0.0951. The highest BCUT2D eigenvalue weighted by Gasteiger charge is 2.37. The molecule has 2 aromatic carbocycles. The summed E-state index contributed by atoms with van der Waals surface area (Å²) in [7, 11) is 0. The van der Waals surface area contributed by atoms with E-state index < -0.39 is 5.54 Å². The molecular formula is C28H28N6O2. The van der Waals surface area contributed by atoms with Gasteiger partial charge in [-0.15, -0.1) is 0 Å². The van der Waals surface area contributed by atoms with Gasteiger partial charge in [0.25, 0.3) is 5.91 Å². The first-order valence-corrected chi connectivity index (χ1v) is 12.4. The van der Waals surface area contributed by atoms with Crippen LogP contribution in [0.4, 0.5) is 10.5 Å². The molecule has 2 fully saturated rings. The van der Waals surface area contributed by atoms with Gasteiger partial charge in [-0.25, -0.2) is 14.8 Å². The molecule has 1 heterocycles.